The van der Waals surface area contributed by atoms with E-state index in [9.17, 15) is 4.79 Å². The third-order valence-electron chi connectivity index (χ3n) is 3.75. The first-order chi connectivity index (χ1) is 9.61. The third kappa shape index (κ3) is 3.30. The van der Waals surface area contributed by atoms with Crippen LogP contribution in [0.5, 0.6) is 5.75 Å². The second-order valence-corrected chi connectivity index (χ2v) is 5.38. The minimum Gasteiger partial charge on any atom is -0.480 e. The summed E-state index contributed by atoms with van der Waals surface area (Å²) in [5, 5.41) is 9.02. The Kier molecular flexibility index (Phi) is 4.62. The van der Waals surface area contributed by atoms with E-state index in [4.69, 9.17) is 10.00 Å². The van der Waals surface area contributed by atoms with Gasteiger partial charge < -0.3 is 9.64 Å². The van der Waals surface area contributed by atoms with Crippen LogP contribution in [0.4, 0.5) is 0 Å². The normalized spacial score (nSPS) is 17.4. The summed E-state index contributed by atoms with van der Waals surface area (Å²) in [6.07, 6.45) is 1.54. The number of para-hydroxylation sites is 1. The number of nitrogens with zero attached hydrogens (tertiary/aromatic N) is 2. The van der Waals surface area contributed by atoms with Gasteiger partial charge in [0.25, 0.3) is 5.91 Å². The molecule has 1 aliphatic heterocycles. The van der Waals surface area contributed by atoms with Crippen LogP contribution in [0.2, 0.25) is 0 Å². The van der Waals surface area contributed by atoms with Gasteiger partial charge in [-0.05, 0) is 37.8 Å². The highest BCUT2D eigenvalue weighted by atomic mass is 16.5. The molecule has 20 heavy (non-hydrogen) atoms. The number of piperidine rings is 1. The summed E-state index contributed by atoms with van der Waals surface area (Å²) in [4.78, 5) is 14.2. The second kappa shape index (κ2) is 6.42. The number of carbonyl (C=O) groups is 1. The van der Waals surface area contributed by atoms with E-state index in [-0.39, 0.29) is 5.91 Å². The quantitative estimate of drug-likeness (QED) is 0.849. The van der Waals surface area contributed by atoms with E-state index in [0.717, 1.165) is 25.9 Å². The summed E-state index contributed by atoms with van der Waals surface area (Å²) in [5.74, 6) is 1.17. The van der Waals surface area contributed by atoms with E-state index in [0.29, 0.717) is 17.2 Å². The molecule has 1 aromatic carbocycles. The molecule has 0 bridgehead atoms. The molecule has 0 saturated carbocycles. The first kappa shape index (κ1) is 14.4. The molecule has 0 N–H and O–H groups in total. The van der Waals surface area contributed by atoms with Gasteiger partial charge in [0.05, 0.1) is 5.56 Å². The van der Waals surface area contributed by atoms with Gasteiger partial charge in [-0.15, -0.1) is 0 Å². The molecule has 0 aliphatic carbocycles. The molecule has 2 rings (SSSR count). The van der Waals surface area contributed by atoms with Crippen LogP contribution in [0.15, 0.2) is 24.3 Å². The predicted molar refractivity (Wildman–Crippen MR) is 76.2 cm³/mol. The van der Waals surface area contributed by atoms with Crippen molar-refractivity contribution in [2.75, 3.05) is 13.1 Å². The Hall–Kier alpha value is -2.02. The molecule has 106 valence electrons. The number of hydrogen-bond donors (Lipinski definition) is 0. The Balaban J connectivity index is 1.99. The third-order valence-corrected chi connectivity index (χ3v) is 3.75. The average molecular weight is 272 g/mol. The van der Waals surface area contributed by atoms with E-state index in [1.807, 2.05) is 4.90 Å². The summed E-state index contributed by atoms with van der Waals surface area (Å²) in [6, 6.07) is 9.07. The fourth-order valence-electron chi connectivity index (χ4n) is 2.39. The lowest BCUT2D eigenvalue weighted by molar-refractivity contribution is -0.139. The Morgan fingerprint density at radius 3 is 2.70 bits per heavy atom. The highest BCUT2D eigenvalue weighted by Gasteiger charge is 2.25. The van der Waals surface area contributed by atoms with Gasteiger partial charge in [-0.1, -0.05) is 19.1 Å². The van der Waals surface area contributed by atoms with E-state index in [2.05, 4.69) is 13.0 Å². The molecule has 0 radical (unpaired) electrons. The van der Waals surface area contributed by atoms with Crippen molar-refractivity contribution in [3.63, 3.8) is 0 Å². The summed E-state index contributed by atoms with van der Waals surface area (Å²) in [7, 11) is 0. The number of carbonyl (C=O) groups excluding carboxylic acids is 1. The largest absolute Gasteiger partial charge is 0.480 e. The van der Waals surface area contributed by atoms with Gasteiger partial charge in [-0.3, -0.25) is 4.79 Å². The van der Waals surface area contributed by atoms with E-state index in [1.165, 1.54) is 0 Å². The van der Waals surface area contributed by atoms with Crippen molar-refractivity contribution >= 4 is 5.91 Å². The number of rotatable bonds is 3. The van der Waals surface area contributed by atoms with Gasteiger partial charge in [0.2, 0.25) is 0 Å². The minimum absolute atomic E-state index is 0.00430. The standard InChI is InChI=1S/C16H20N2O2/c1-12-7-9-18(10-8-12)16(19)13(2)20-15-6-4-3-5-14(15)11-17/h3-6,12-13H,7-10H2,1-2H3. The number of ether oxygens (including phenoxy) is 1. The molecule has 0 aromatic heterocycles. The Labute approximate surface area is 120 Å². The lowest BCUT2D eigenvalue weighted by atomic mass is 9.99. The summed E-state index contributed by atoms with van der Waals surface area (Å²) in [5.41, 5.74) is 0.458. The fraction of sp³-hybridized carbons (Fsp3) is 0.500. The van der Waals surface area contributed by atoms with Crippen LogP contribution in [0.25, 0.3) is 0 Å². The van der Waals surface area contributed by atoms with Gasteiger partial charge in [0, 0.05) is 13.1 Å². The number of amides is 1. The number of hydrogen-bond acceptors (Lipinski definition) is 3. The van der Waals surface area contributed by atoms with Crippen molar-refractivity contribution < 1.29 is 9.53 Å². The maximum atomic E-state index is 12.3. The summed E-state index contributed by atoms with van der Waals surface area (Å²) in [6.45, 7) is 5.56. The van der Waals surface area contributed by atoms with Gasteiger partial charge in [-0.25, -0.2) is 0 Å². The number of nitriles is 1. The molecule has 1 aromatic rings. The highest BCUT2D eigenvalue weighted by Crippen LogP contribution is 2.21. The van der Waals surface area contributed by atoms with Crippen LogP contribution >= 0.6 is 0 Å². The van der Waals surface area contributed by atoms with Crippen molar-refractivity contribution in [3.8, 4) is 11.8 Å². The van der Waals surface area contributed by atoms with Gasteiger partial charge in [-0.2, -0.15) is 5.26 Å². The molecule has 1 atom stereocenters. The maximum absolute atomic E-state index is 12.3. The molecule has 1 aliphatic rings. The minimum atomic E-state index is -0.557. The topological polar surface area (TPSA) is 53.3 Å². The summed E-state index contributed by atoms with van der Waals surface area (Å²) < 4.78 is 5.66. The predicted octanol–water partition coefficient (Wildman–Crippen LogP) is 2.58. The van der Waals surface area contributed by atoms with Crippen molar-refractivity contribution in [1.29, 1.82) is 5.26 Å². The van der Waals surface area contributed by atoms with Crippen LogP contribution in [0.1, 0.15) is 32.3 Å². The lowest BCUT2D eigenvalue weighted by Crippen LogP contribution is -2.44. The van der Waals surface area contributed by atoms with Crippen LogP contribution < -0.4 is 4.74 Å². The average Bonchev–Trinajstić information content (AvgIpc) is 2.48. The highest BCUT2D eigenvalue weighted by molar-refractivity contribution is 5.81. The Morgan fingerprint density at radius 1 is 1.40 bits per heavy atom. The zero-order chi connectivity index (χ0) is 14.5. The van der Waals surface area contributed by atoms with Crippen molar-refractivity contribution in [2.24, 2.45) is 5.92 Å². The molecule has 1 heterocycles. The molecule has 4 nitrogen and oxygen atoms in total. The van der Waals surface area contributed by atoms with Crippen LogP contribution in [0, 0.1) is 17.2 Å². The maximum Gasteiger partial charge on any atom is 0.263 e. The van der Waals surface area contributed by atoms with Crippen LogP contribution in [-0.2, 0) is 4.79 Å². The van der Waals surface area contributed by atoms with Crippen LogP contribution in [0.3, 0.4) is 0 Å². The molecule has 1 unspecified atom stereocenters. The smallest absolute Gasteiger partial charge is 0.263 e. The first-order valence-electron chi connectivity index (χ1n) is 7.06. The van der Waals surface area contributed by atoms with E-state index < -0.39 is 6.10 Å². The van der Waals surface area contributed by atoms with Crippen molar-refractivity contribution in [2.45, 2.75) is 32.8 Å². The zero-order valence-electron chi connectivity index (χ0n) is 12.0. The molecule has 0 spiro atoms. The molecule has 4 heteroatoms. The fourth-order valence-corrected chi connectivity index (χ4v) is 2.39. The molecular weight excluding hydrogens is 252 g/mol. The Bertz CT molecular complexity index is 513. The van der Waals surface area contributed by atoms with Crippen molar-refractivity contribution in [1.82, 2.24) is 4.90 Å². The molecule has 1 fully saturated rings. The van der Waals surface area contributed by atoms with Gasteiger partial charge in [0.1, 0.15) is 11.8 Å². The van der Waals surface area contributed by atoms with Gasteiger partial charge >= 0.3 is 0 Å². The summed E-state index contributed by atoms with van der Waals surface area (Å²) >= 11 is 0. The van der Waals surface area contributed by atoms with Crippen LogP contribution in [-0.4, -0.2) is 30.0 Å². The van der Waals surface area contributed by atoms with Gasteiger partial charge in [0.15, 0.2) is 6.10 Å². The number of likely N-dealkylation sites (tertiary alicyclic amines) is 1. The van der Waals surface area contributed by atoms with Crippen molar-refractivity contribution in [3.05, 3.63) is 29.8 Å². The second-order valence-electron chi connectivity index (χ2n) is 5.38. The first-order valence-corrected chi connectivity index (χ1v) is 7.06. The monoisotopic (exact) mass is 272 g/mol. The van der Waals surface area contributed by atoms with E-state index >= 15 is 0 Å². The van der Waals surface area contributed by atoms with E-state index in [1.54, 1.807) is 31.2 Å². The molecule has 1 amide bonds. The Morgan fingerprint density at radius 2 is 2.05 bits per heavy atom. The SMILES string of the molecule is CC1CCN(C(=O)C(C)Oc2ccccc2C#N)CC1. The number of benzene rings is 1. The molecular formula is C16H20N2O2. The molecule has 1 saturated heterocycles. The zero-order valence-corrected chi connectivity index (χ0v) is 12.0. The lowest BCUT2D eigenvalue weighted by Gasteiger charge is -2.32.